The number of aryl methyl sites for hydroxylation is 1. The second kappa shape index (κ2) is 17.8. The van der Waals surface area contributed by atoms with E-state index in [-0.39, 0.29) is 79.9 Å². The third kappa shape index (κ3) is 8.88. The molecule has 6 amide bonds. The Morgan fingerprint density at radius 3 is 2.37 bits per heavy atom. The number of carbonyl (C=O) groups is 6. The zero-order valence-electron chi connectivity index (χ0n) is 33.7. The number of fused-ring (bicyclic) bond motifs is 2. The van der Waals surface area contributed by atoms with Crippen molar-refractivity contribution in [2.75, 3.05) is 36.4 Å². The first kappa shape index (κ1) is 42.3. The summed E-state index contributed by atoms with van der Waals surface area (Å²) >= 11 is 7.71. The molecular formula is C42H47ClN10O6S. The van der Waals surface area contributed by atoms with Gasteiger partial charge in [-0.05, 0) is 69.9 Å². The van der Waals surface area contributed by atoms with E-state index < -0.39 is 18.0 Å². The molecule has 2 fully saturated rings. The van der Waals surface area contributed by atoms with Crippen LogP contribution in [0.1, 0.15) is 89.4 Å². The highest BCUT2D eigenvalue weighted by Gasteiger charge is 2.40. The van der Waals surface area contributed by atoms with Crippen molar-refractivity contribution >= 4 is 86.5 Å². The van der Waals surface area contributed by atoms with Gasteiger partial charge in [-0.2, -0.15) is 0 Å². The van der Waals surface area contributed by atoms with Crippen LogP contribution in [0.2, 0.25) is 5.02 Å². The number of benzene rings is 2. The molecule has 0 saturated carbocycles. The number of piperidine rings is 1. The van der Waals surface area contributed by atoms with Crippen LogP contribution in [0.3, 0.4) is 0 Å². The van der Waals surface area contributed by atoms with Gasteiger partial charge < -0.3 is 15.1 Å². The Bertz CT molecular complexity index is 2320. The van der Waals surface area contributed by atoms with E-state index in [9.17, 15) is 34.2 Å². The van der Waals surface area contributed by atoms with E-state index in [0.29, 0.717) is 66.6 Å². The molecule has 5 heterocycles. The molecular weight excluding hydrogens is 808 g/mol. The maximum absolute atomic E-state index is 13.8. The Labute approximate surface area is 356 Å². The van der Waals surface area contributed by atoms with Gasteiger partial charge in [0, 0.05) is 89.8 Å². The summed E-state index contributed by atoms with van der Waals surface area (Å²) < 4.78 is 0. The second-order valence-corrected chi connectivity index (χ2v) is 17.0. The molecule has 18 heteroatoms. The third-order valence-electron chi connectivity index (χ3n) is 11.3. The minimum absolute atomic E-state index is 0.0573. The number of nitrogens with zero attached hydrogens (tertiary/aromatic N) is 5. The molecule has 2 aromatic carbocycles. The molecule has 4 aliphatic rings. The Morgan fingerprint density at radius 2 is 1.68 bits per heavy atom. The quantitative estimate of drug-likeness (QED) is 0.0798. The Hall–Kier alpha value is -5.78. The van der Waals surface area contributed by atoms with Gasteiger partial charge in [0.25, 0.3) is 5.91 Å². The molecule has 1 aromatic heterocycles. The Balaban J connectivity index is 0.876. The highest BCUT2D eigenvalue weighted by molar-refractivity contribution is 7.17. The highest BCUT2D eigenvalue weighted by Crippen LogP contribution is 2.40. The largest absolute Gasteiger partial charge is 0.340 e. The second-order valence-electron chi connectivity index (χ2n) is 15.4. The number of hydrogen-bond donors (Lipinski definition) is 5. The van der Waals surface area contributed by atoms with E-state index in [1.807, 2.05) is 26.0 Å². The average Bonchev–Trinajstić information content (AvgIpc) is 3.65. The molecule has 3 aromatic rings. The lowest BCUT2D eigenvalue weighted by atomic mass is 9.99. The number of carbonyl (C=O) groups excluding carboxylic acids is 6. The smallest absolute Gasteiger partial charge is 0.255 e. The molecule has 0 radical (unpaired) electrons. The van der Waals surface area contributed by atoms with Crippen molar-refractivity contribution in [3.63, 3.8) is 0 Å². The van der Waals surface area contributed by atoms with Crippen LogP contribution in [0, 0.1) is 24.7 Å². The zero-order chi connectivity index (χ0) is 42.8. The van der Waals surface area contributed by atoms with Crippen LogP contribution in [0.5, 0.6) is 0 Å². The lowest BCUT2D eigenvalue weighted by molar-refractivity contribution is -0.137. The first-order valence-corrected chi connectivity index (χ1v) is 21.2. The summed E-state index contributed by atoms with van der Waals surface area (Å²) in [6.07, 6.45) is 1.63. The first-order valence-electron chi connectivity index (χ1n) is 20.0. The Kier molecular flexibility index (Phi) is 12.6. The van der Waals surface area contributed by atoms with Gasteiger partial charge in [0.1, 0.15) is 28.8 Å². The Morgan fingerprint density at radius 1 is 0.983 bits per heavy atom. The summed E-state index contributed by atoms with van der Waals surface area (Å²) in [7, 11) is 0. The van der Waals surface area contributed by atoms with Gasteiger partial charge in [-0.15, -0.1) is 11.3 Å². The number of unbranched alkanes of at least 4 members (excludes halogenated alkanes) is 1. The van der Waals surface area contributed by atoms with Gasteiger partial charge in [0.15, 0.2) is 0 Å². The summed E-state index contributed by atoms with van der Waals surface area (Å²) in [5.41, 5.74) is 7.74. The number of nitrogens with one attached hydrogen (secondary N) is 5. The number of hydrazine groups is 1. The maximum Gasteiger partial charge on any atom is 0.255 e. The maximum atomic E-state index is 13.8. The van der Waals surface area contributed by atoms with E-state index in [1.54, 1.807) is 52.1 Å². The van der Waals surface area contributed by atoms with E-state index in [4.69, 9.17) is 22.0 Å². The van der Waals surface area contributed by atoms with Gasteiger partial charge >= 0.3 is 0 Å². The van der Waals surface area contributed by atoms with E-state index in [2.05, 4.69) is 16.1 Å². The van der Waals surface area contributed by atoms with Gasteiger partial charge in [0.05, 0.1) is 12.1 Å². The van der Waals surface area contributed by atoms with Crippen molar-refractivity contribution in [2.24, 2.45) is 4.99 Å². The molecule has 0 bridgehead atoms. The number of aliphatic imine (C=N–C) groups is 1. The van der Waals surface area contributed by atoms with Crippen LogP contribution < -0.4 is 21.0 Å². The average molecular weight is 855 g/mol. The zero-order valence-corrected chi connectivity index (χ0v) is 35.2. The third-order valence-corrected chi connectivity index (χ3v) is 12.7. The summed E-state index contributed by atoms with van der Waals surface area (Å²) in [6.45, 7) is 7.34. The number of amides is 6. The van der Waals surface area contributed by atoms with Crippen LogP contribution in [-0.4, -0.2) is 106 Å². The fourth-order valence-corrected chi connectivity index (χ4v) is 9.32. The summed E-state index contributed by atoms with van der Waals surface area (Å²) in [5.74, 6) is -1.59. The van der Waals surface area contributed by atoms with Crippen LogP contribution >= 0.6 is 22.9 Å². The van der Waals surface area contributed by atoms with E-state index in [0.717, 1.165) is 26.6 Å². The van der Waals surface area contributed by atoms with Crippen molar-refractivity contribution < 1.29 is 28.8 Å². The highest BCUT2D eigenvalue weighted by atomic mass is 35.5. The van der Waals surface area contributed by atoms with Gasteiger partial charge in [0.2, 0.25) is 29.5 Å². The number of thiophene rings is 1. The monoisotopic (exact) mass is 854 g/mol. The van der Waals surface area contributed by atoms with Crippen LogP contribution in [0.25, 0.3) is 0 Å². The van der Waals surface area contributed by atoms with E-state index >= 15 is 0 Å². The molecule has 2 saturated heterocycles. The number of halogens is 1. The van der Waals surface area contributed by atoms with Crippen molar-refractivity contribution in [3.8, 4) is 0 Å². The van der Waals surface area contributed by atoms with Gasteiger partial charge in [-0.3, -0.25) is 60.2 Å². The molecule has 314 valence electrons. The van der Waals surface area contributed by atoms with Crippen molar-refractivity contribution in [3.05, 3.63) is 80.2 Å². The number of rotatable bonds is 11. The molecule has 16 nitrogen and oxygen atoms in total. The van der Waals surface area contributed by atoms with Crippen LogP contribution in [-0.2, 0) is 30.5 Å². The van der Waals surface area contributed by atoms with Crippen molar-refractivity contribution in [2.45, 2.75) is 84.3 Å². The minimum Gasteiger partial charge on any atom is -0.340 e. The number of amidine groups is 2. The molecule has 60 heavy (non-hydrogen) atoms. The van der Waals surface area contributed by atoms with Crippen LogP contribution in [0.4, 0.5) is 10.7 Å². The summed E-state index contributed by atoms with van der Waals surface area (Å²) in [5, 5.41) is 26.1. The van der Waals surface area contributed by atoms with Gasteiger partial charge in [-0.1, -0.05) is 29.8 Å². The minimum atomic E-state index is -0.837. The lowest BCUT2D eigenvalue weighted by Crippen LogP contribution is -2.55. The fraction of sp³-hybridized carbons (Fsp3) is 0.405. The molecule has 4 aliphatic heterocycles. The van der Waals surface area contributed by atoms with Gasteiger partial charge in [-0.25, -0.2) is 5.01 Å². The summed E-state index contributed by atoms with van der Waals surface area (Å²) in [4.78, 5) is 87.5. The normalized spacial score (nSPS) is 19.3. The predicted octanol–water partition coefficient (Wildman–Crippen LogP) is 4.54. The number of imide groups is 1. The molecule has 7 rings (SSSR count). The molecule has 5 N–H and O–H groups in total. The molecule has 0 aliphatic carbocycles. The fourth-order valence-electron chi connectivity index (χ4n) is 7.97. The first-order chi connectivity index (χ1) is 28.7. The van der Waals surface area contributed by atoms with Crippen molar-refractivity contribution in [1.29, 1.82) is 10.8 Å². The SMILES string of the molecule is CC(=N)N1C(=N)[C@H](CC(=O)N2CCN(NC(=O)CCCCC(=O)Nc3cccc4c3CN(C3CCC(=O)NC3=O)C4=O)CC2)N=C(c2ccc(Cl)cc2)c2c1sc(C)c2C. The number of hydrogen-bond acceptors (Lipinski definition) is 11. The number of anilines is 2. The number of piperazine rings is 1. The van der Waals surface area contributed by atoms with Crippen molar-refractivity contribution in [1.82, 2.24) is 25.6 Å². The standard InChI is InChI=1S/C42H47ClN10O6S/c1-23-24(2)60-42-37(23)38(26-11-13-27(43)14-12-26)47-31(39(45)53(42)25(3)44)21-36(57)50-17-19-51(20-18-50)49-35(56)10-5-4-9-33(54)46-30-8-6-7-28-29(30)22-52(41(28)59)32-15-16-34(55)48-40(32)58/h6-8,11-14,31-32,44-45H,4-5,9-10,15-22H2,1-3H3,(H,46,54)(H,49,56)(H,48,55,58)/t31-,32?/m0/s1. The topological polar surface area (TPSA) is 212 Å². The summed E-state index contributed by atoms with van der Waals surface area (Å²) in [6, 6.07) is 10.8. The molecule has 0 spiro atoms. The predicted molar refractivity (Wildman–Crippen MR) is 229 cm³/mol. The van der Waals surface area contributed by atoms with E-state index in [1.165, 1.54) is 16.2 Å². The lowest BCUT2D eigenvalue weighted by Gasteiger charge is -2.35. The molecule has 1 unspecified atom stereocenters. The molecule has 2 atom stereocenters. The van der Waals surface area contributed by atoms with Crippen LogP contribution in [0.15, 0.2) is 47.5 Å².